The molecule has 22 heavy (non-hydrogen) atoms. The lowest BCUT2D eigenvalue weighted by molar-refractivity contribution is 0.0256. The van der Waals surface area contributed by atoms with Crippen molar-refractivity contribution in [1.29, 1.82) is 0 Å². The van der Waals surface area contributed by atoms with E-state index in [4.69, 9.17) is 4.74 Å². The van der Waals surface area contributed by atoms with E-state index in [-0.39, 0.29) is 6.09 Å². The van der Waals surface area contributed by atoms with Gasteiger partial charge in [0, 0.05) is 25.7 Å². The smallest absolute Gasteiger partial charge is 0.410 e. The average molecular weight is 389 g/mol. The number of thiophene rings is 1. The van der Waals surface area contributed by atoms with Gasteiger partial charge in [0.1, 0.15) is 5.60 Å². The summed E-state index contributed by atoms with van der Waals surface area (Å²) in [7, 11) is 0. The van der Waals surface area contributed by atoms with E-state index in [2.05, 4.69) is 32.7 Å². The van der Waals surface area contributed by atoms with E-state index in [9.17, 15) is 4.79 Å². The van der Waals surface area contributed by atoms with Crippen LogP contribution in [0.1, 0.15) is 45.6 Å². The highest BCUT2D eigenvalue weighted by molar-refractivity contribution is 9.11. The van der Waals surface area contributed by atoms with Gasteiger partial charge in [-0.1, -0.05) is 0 Å². The van der Waals surface area contributed by atoms with E-state index >= 15 is 0 Å². The fourth-order valence-electron chi connectivity index (χ4n) is 2.51. The monoisotopic (exact) mass is 388 g/mol. The van der Waals surface area contributed by atoms with E-state index in [0.29, 0.717) is 6.04 Å². The van der Waals surface area contributed by atoms with Crippen molar-refractivity contribution in [2.24, 2.45) is 0 Å². The number of nitrogens with zero attached hydrogens (tertiary/aromatic N) is 1. The Bertz CT molecular complexity index is 499. The summed E-state index contributed by atoms with van der Waals surface area (Å²) in [4.78, 5) is 14.0. The topological polar surface area (TPSA) is 41.6 Å². The van der Waals surface area contributed by atoms with Crippen molar-refractivity contribution in [3.8, 4) is 0 Å². The fraction of sp³-hybridized carbons (Fsp3) is 0.688. The molecular formula is C16H25BrN2O2S. The van der Waals surface area contributed by atoms with Crippen molar-refractivity contribution < 1.29 is 9.53 Å². The van der Waals surface area contributed by atoms with Crippen molar-refractivity contribution in [3.63, 3.8) is 0 Å². The van der Waals surface area contributed by atoms with Gasteiger partial charge in [-0.25, -0.2) is 4.79 Å². The third-order valence-corrected chi connectivity index (χ3v) is 5.15. The minimum atomic E-state index is -0.423. The molecule has 4 nitrogen and oxygen atoms in total. The molecule has 1 atom stereocenters. The van der Waals surface area contributed by atoms with Gasteiger partial charge >= 0.3 is 6.09 Å². The third kappa shape index (κ3) is 5.89. The summed E-state index contributed by atoms with van der Waals surface area (Å²) >= 11 is 5.20. The van der Waals surface area contributed by atoms with Crippen molar-refractivity contribution in [2.75, 3.05) is 13.1 Å². The Kier molecular flexibility index (Phi) is 6.29. The minimum absolute atomic E-state index is 0.185. The Morgan fingerprint density at radius 3 is 2.86 bits per heavy atom. The zero-order valence-corrected chi connectivity index (χ0v) is 15.9. The molecule has 0 aromatic carbocycles. The van der Waals surface area contributed by atoms with Gasteiger partial charge in [0.25, 0.3) is 0 Å². The van der Waals surface area contributed by atoms with Crippen molar-refractivity contribution in [3.05, 3.63) is 20.8 Å². The van der Waals surface area contributed by atoms with E-state index in [1.54, 1.807) is 11.3 Å². The maximum atomic E-state index is 12.1. The second-order valence-corrected chi connectivity index (χ2v) is 9.03. The van der Waals surface area contributed by atoms with Crippen molar-refractivity contribution in [1.82, 2.24) is 10.2 Å². The van der Waals surface area contributed by atoms with E-state index < -0.39 is 5.60 Å². The largest absolute Gasteiger partial charge is 0.444 e. The molecule has 1 N–H and O–H groups in total. The molecule has 0 radical (unpaired) electrons. The summed E-state index contributed by atoms with van der Waals surface area (Å²) in [5, 5.41) is 5.77. The van der Waals surface area contributed by atoms with Crippen molar-refractivity contribution >= 4 is 33.4 Å². The summed E-state index contributed by atoms with van der Waals surface area (Å²) in [6.45, 7) is 8.17. The van der Waals surface area contributed by atoms with Crippen LogP contribution < -0.4 is 5.32 Å². The van der Waals surface area contributed by atoms with Crippen LogP contribution in [0.2, 0.25) is 0 Å². The number of nitrogens with one attached hydrogen (secondary N) is 1. The molecule has 0 saturated carbocycles. The van der Waals surface area contributed by atoms with Gasteiger partial charge < -0.3 is 15.0 Å². The summed E-state index contributed by atoms with van der Waals surface area (Å²) in [5.74, 6) is 0. The molecule has 1 aromatic heterocycles. The summed E-state index contributed by atoms with van der Waals surface area (Å²) in [6.07, 6.45) is 2.91. The van der Waals surface area contributed by atoms with Crippen LogP contribution in [0, 0.1) is 0 Å². The SMILES string of the molecule is CC(C)(C)OC(=O)N1CCCC(NCc2csc(Br)c2)CC1. The number of ether oxygens (including phenoxy) is 1. The predicted molar refractivity (Wildman–Crippen MR) is 94.3 cm³/mol. The second-order valence-electron chi connectivity index (χ2n) is 6.74. The second kappa shape index (κ2) is 7.79. The van der Waals surface area contributed by atoms with Crippen LogP contribution in [0.5, 0.6) is 0 Å². The Balaban J connectivity index is 1.78. The molecule has 0 aliphatic carbocycles. The predicted octanol–water partition coefficient (Wildman–Crippen LogP) is 4.39. The van der Waals surface area contributed by atoms with E-state index in [0.717, 1.165) is 38.9 Å². The molecular weight excluding hydrogens is 364 g/mol. The first kappa shape index (κ1) is 17.8. The average Bonchev–Trinajstić information content (AvgIpc) is 2.69. The Hall–Kier alpha value is -0.590. The number of likely N-dealkylation sites (tertiary alicyclic amines) is 1. The third-order valence-electron chi connectivity index (χ3n) is 3.60. The number of hydrogen-bond acceptors (Lipinski definition) is 4. The van der Waals surface area contributed by atoms with Gasteiger partial charge in [0.05, 0.1) is 3.79 Å². The van der Waals surface area contributed by atoms with Crippen LogP contribution in [-0.4, -0.2) is 35.7 Å². The first-order valence-electron chi connectivity index (χ1n) is 7.78. The lowest BCUT2D eigenvalue weighted by Crippen LogP contribution is -2.38. The first-order valence-corrected chi connectivity index (χ1v) is 9.45. The molecule has 1 fully saturated rings. The summed E-state index contributed by atoms with van der Waals surface area (Å²) in [6, 6.07) is 2.62. The molecule has 1 amide bonds. The van der Waals surface area contributed by atoms with Gasteiger partial charge in [-0.2, -0.15) is 0 Å². The Morgan fingerprint density at radius 2 is 2.23 bits per heavy atom. The fourth-order valence-corrected chi connectivity index (χ4v) is 3.72. The zero-order chi connectivity index (χ0) is 16.2. The maximum Gasteiger partial charge on any atom is 0.410 e. The highest BCUT2D eigenvalue weighted by Gasteiger charge is 2.25. The first-order chi connectivity index (χ1) is 10.3. The van der Waals surface area contributed by atoms with Crippen LogP contribution in [0.15, 0.2) is 15.2 Å². The molecule has 1 aliphatic heterocycles. The van der Waals surface area contributed by atoms with Gasteiger partial charge in [0.2, 0.25) is 0 Å². The van der Waals surface area contributed by atoms with E-state index in [1.165, 1.54) is 9.35 Å². The number of amides is 1. The lowest BCUT2D eigenvalue weighted by Gasteiger charge is -2.26. The summed E-state index contributed by atoms with van der Waals surface area (Å²) in [5.41, 5.74) is 0.887. The minimum Gasteiger partial charge on any atom is -0.444 e. The van der Waals surface area contributed by atoms with Gasteiger partial charge in [-0.3, -0.25) is 0 Å². The van der Waals surface area contributed by atoms with Gasteiger partial charge in [-0.05, 0) is 73.0 Å². The molecule has 124 valence electrons. The molecule has 0 bridgehead atoms. The number of rotatable bonds is 3. The molecule has 6 heteroatoms. The number of carbonyl (C=O) groups is 1. The normalized spacial score (nSPS) is 19.8. The lowest BCUT2D eigenvalue weighted by atomic mass is 10.1. The summed E-state index contributed by atoms with van der Waals surface area (Å²) < 4.78 is 6.63. The van der Waals surface area contributed by atoms with E-state index in [1.807, 2.05) is 25.7 Å². The highest BCUT2D eigenvalue weighted by atomic mass is 79.9. The maximum absolute atomic E-state index is 12.1. The molecule has 1 aromatic rings. The number of carbonyl (C=O) groups excluding carboxylic acids is 1. The Labute approximate surface area is 145 Å². The molecule has 1 aliphatic rings. The van der Waals surface area contributed by atoms with Crippen LogP contribution in [0.25, 0.3) is 0 Å². The van der Waals surface area contributed by atoms with Gasteiger partial charge in [-0.15, -0.1) is 11.3 Å². The van der Waals surface area contributed by atoms with Gasteiger partial charge in [0.15, 0.2) is 0 Å². The highest BCUT2D eigenvalue weighted by Crippen LogP contribution is 2.21. The van der Waals surface area contributed by atoms with Crippen LogP contribution in [-0.2, 0) is 11.3 Å². The molecule has 1 saturated heterocycles. The van der Waals surface area contributed by atoms with Crippen LogP contribution >= 0.6 is 27.3 Å². The number of halogens is 1. The van der Waals surface area contributed by atoms with Crippen molar-refractivity contribution in [2.45, 2.75) is 58.2 Å². The Morgan fingerprint density at radius 1 is 1.45 bits per heavy atom. The standard InChI is InChI=1S/C16H25BrN2O2S/c1-16(2,3)21-15(20)19-7-4-5-13(6-8-19)18-10-12-9-14(17)22-11-12/h9,11,13,18H,4-8,10H2,1-3H3. The quantitative estimate of drug-likeness (QED) is 0.834. The zero-order valence-electron chi connectivity index (χ0n) is 13.5. The molecule has 2 rings (SSSR count). The number of hydrogen-bond donors (Lipinski definition) is 1. The molecule has 1 unspecified atom stereocenters. The van der Waals surface area contributed by atoms with Crippen LogP contribution in [0.3, 0.4) is 0 Å². The van der Waals surface area contributed by atoms with Crippen LogP contribution in [0.4, 0.5) is 4.79 Å². The molecule has 0 spiro atoms. The molecule has 2 heterocycles.